The number of ether oxygens (including phenoxy) is 1. The van der Waals surface area contributed by atoms with E-state index in [4.69, 9.17) is 22.1 Å². The summed E-state index contributed by atoms with van der Waals surface area (Å²) < 4.78 is 6.90. The zero-order valence-corrected chi connectivity index (χ0v) is 11.7. The lowest BCUT2D eigenvalue weighted by atomic mass is 10.3. The maximum Gasteiger partial charge on any atom is 0.284 e. The van der Waals surface area contributed by atoms with Gasteiger partial charge in [0.15, 0.2) is 5.65 Å². The first-order valence-corrected chi connectivity index (χ1v) is 6.61. The average molecular weight is 296 g/mol. The van der Waals surface area contributed by atoms with Gasteiger partial charge in [0.1, 0.15) is 10.7 Å². The fourth-order valence-corrected chi connectivity index (χ4v) is 2.55. The number of rotatable bonds is 2. The molecular weight excluding hydrogens is 282 g/mol. The molecule has 0 unspecified atom stereocenters. The Balaban J connectivity index is 2.20. The van der Waals surface area contributed by atoms with E-state index >= 15 is 0 Å². The second-order valence-corrected chi connectivity index (χ2v) is 4.98. The van der Waals surface area contributed by atoms with Gasteiger partial charge in [0.25, 0.3) is 5.91 Å². The van der Waals surface area contributed by atoms with E-state index in [1.807, 2.05) is 0 Å². The lowest BCUT2D eigenvalue weighted by Crippen LogP contribution is -2.36. The Morgan fingerprint density at radius 3 is 2.75 bits per heavy atom. The largest absolute Gasteiger partial charge is 0.378 e. The number of aromatic nitrogens is 3. The van der Waals surface area contributed by atoms with Crippen LogP contribution in [0.1, 0.15) is 10.6 Å². The van der Waals surface area contributed by atoms with E-state index in [1.165, 1.54) is 0 Å². The second kappa shape index (κ2) is 4.92. The summed E-state index contributed by atoms with van der Waals surface area (Å²) in [6.45, 7) is 2.80. The molecule has 7 nitrogen and oxygen atoms in total. The van der Waals surface area contributed by atoms with Crippen LogP contribution in [0.15, 0.2) is 6.07 Å². The van der Waals surface area contributed by atoms with Crippen LogP contribution < -0.4 is 10.6 Å². The molecule has 0 spiro atoms. The van der Waals surface area contributed by atoms with Crippen LogP contribution in [0.25, 0.3) is 11.2 Å². The third kappa shape index (κ3) is 2.08. The fraction of sp³-hybridized carbons (Fsp3) is 0.417. The SMILES string of the molecule is Cn1c(C(N)=O)nc2c(N3CCOCC3)cc(Cl)nc21. The third-order valence-corrected chi connectivity index (χ3v) is 3.54. The van der Waals surface area contributed by atoms with Crippen LogP contribution in [-0.4, -0.2) is 46.7 Å². The lowest BCUT2D eigenvalue weighted by Gasteiger charge is -2.28. The minimum Gasteiger partial charge on any atom is -0.378 e. The summed E-state index contributed by atoms with van der Waals surface area (Å²) in [5, 5.41) is 0.359. The summed E-state index contributed by atoms with van der Waals surface area (Å²) >= 11 is 6.08. The Labute approximate surface area is 120 Å². The van der Waals surface area contributed by atoms with Crippen molar-refractivity contribution in [3.63, 3.8) is 0 Å². The summed E-state index contributed by atoms with van der Waals surface area (Å²) in [6.07, 6.45) is 0. The summed E-state index contributed by atoms with van der Waals surface area (Å²) in [4.78, 5) is 22.1. The number of nitrogens with two attached hydrogens (primary N) is 1. The maximum absolute atomic E-state index is 11.4. The van der Waals surface area contributed by atoms with Crippen LogP contribution >= 0.6 is 11.6 Å². The number of halogens is 1. The smallest absolute Gasteiger partial charge is 0.284 e. The zero-order valence-electron chi connectivity index (χ0n) is 11.0. The van der Waals surface area contributed by atoms with Crippen molar-refractivity contribution in [1.29, 1.82) is 0 Å². The van der Waals surface area contributed by atoms with Crippen molar-refractivity contribution in [2.24, 2.45) is 12.8 Å². The van der Waals surface area contributed by atoms with Gasteiger partial charge >= 0.3 is 0 Å². The molecule has 0 aliphatic carbocycles. The molecule has 3 heterocycles. The van der Waals surface area contributed by atoms with Gasteiger partial charge in [0.05, 0.1) is 18.9 Å². The molecule has 2 aromatic rings. The van der Waals surface area contributed by atoms with Crippen molar-refractivity contribution in [1.82, 2.24) is 14.5 Å². The number of primary amides is 1. The van der Waals surface area contributed by atoms with Crippen LogP contribution in [0.3, 0.4) is 0 Å². The number of carbonyl (C=O) groups is 1. The Morgan fingerprint density at radius 1 is 1.40 bits per heavy atom. The van der Waals surface area contributed by atoms with Crippen LogP contribution in [0.4, 0.5) is 5.69 Å². The Hall–Kier alpha value is -1.86. The number of hydrogen-bond donors (Lipinski definition) is 1. The van der Waals surface area contributed by atoms with E-state index in [9.17, 15) is 4.79 Å². The monoisotopic (exact) mass is 295 g/mol. The molecule has 106 valence electrons. The maximum atomic E-state index is 11.4. The number of nitrogens with zero attached hydrogens (tertiary/aromatic N) is 4. The summed E-state index contributed by atoms with van der Waals surface area (Å²) in [5.74, 6) is -0.418. The predicted octanol–water partition coefficient (Wildman–Crippen LogP) is 0.557. The van der Waals surface area contributed by atoms with Gasteiger partial charge < -0.3 is 19.9 Å². The van der Waals surface area contributed by atoms with Crippen molar-refractivity contribution in [3.8, 4) is 0 Å². The predicted molar refractivity (Wildman–Crippen MR) is 75.1 cm³/mol. The van der Waals surface area contributed by atoms with Gasteiger partial charge in [-0.25, -0.2) is 9.97 Å². The minimum absolute atomic E-state index is 0.171. The van der Waals surface area contributed by atoms with Crippen molar-refractivity contribution in [3.05, 3.63) is 17.0 Å². The van der Waals surface area contributed by atoms with Gasteiger partial charge in [-0.3, -0.25) is 4.79 Å². The summed E-state index contributed by atoms with van der Waals surface area (Å²) in [7, 11) is 1.70. The van der Waals surface area contributed by atoms with Gasteiger partial charge in [0.2, 0.25) is 5.82 Å². The number of fused-ring (bicyclic) bond motifs is 1. The van der Waals surface area contributed by atoms with Crippen LogP contribution in [0, 0.1) is 0 Å². The molecule has 1 saturated heterocycles. The van der Waals surface area contributed by atoms with E-state index in [0.717, 1.165) is 18.8 Å². The summed E-state index contributed by atoms with van der Waals surface area (Å²) in [6, 6.07) is 1.76. The molecule has 1 aliphatic rings. The second-order valence-electron chi connectivity index (χ2n) is 4.59. The van der Waals surface area contributed by atoms with Crippen LogP contribution in [0.5, 0.6) is 0 Å². The number of imidazole rings is 1. The Morgan fingerprint density at radius 2 is 2.10 bits per heavy atom. The van der Waals surface area contributed by atoms with E-state index in [-0.39, 0.29) is 5.82 Å². The molecule has 0 atom stereocenters. The highest BCUT2D eigenvalue weighted by molar-refractivity contribution is 6.30. The molecule has 8 heteroatoms. The van der Waals surface area contributed by atoms with Gasteiger partial charge in [-0.05, 0) is 0 Å². The average Bonchev–Trinajstić information content (AvgIpc) is 2.77. The van der Waals surface area contributed by atoms with Crippen molar-refractivity contribution in [2.75, 3.05) is 31.2 Å². The van der Waals surface area contributed by atoms with Crippen molar-refractivity contribution in [2.45, 2.75) is 0 Å². The molecule has 1 fully saturated rings. The number of aryl methyl sites for hydroxylation is 1. The molecule has 0 aromatic carbocycles. The first-order chi connectivity index (χ1) is 9.58. The van der Waals surface area contributed by atoms with E-state index in [0.29, 0.717) is 29.5 Å². The highest BCUT2D eigenvalue weighted by Gasteiger charge is 2.21. The zero-order chi connectivity index (χ0) is 14.3. The molecule has 0 saturated carbocycles. The quantitative estimate of drug-likeness (QED) is 0.818. The van der Waals surface area contributed by atoms with E-state index in [1.54, 1.807) is 17.7 Å². The topological polar surface area (TPSA) is 86.3 Å². The van der Waals surface area contributed by atoms with Gasteiger partial charge in [0, 0.05) is 26.2 Å². The third-order valence-electron chi connectivity index (χ3n) is 3.35. The number of morpholine rings is 1. The molecule has 1 amide bonds. The van der Waals surface area contributed by atoms with Crippen LogP contribution in [-0.2, 0) is 11.8 Å². The Kier molecular flexibility index (Phi) is 3.23. The highest BCUT2D eigenvalue weighted by atomic mass is 35.5. The van der Waals surface area contributed by atoms with Crippen LogP contribution in [0.2, 0.25) is 5.15 Å². The van der Waals surface area contributed by atoms with Crippen molar-refractivity contribution < 1.29 is 9.53 Å². The minimum atomic E-state index is -0.588. The van der Waals surface area contributed by atoms with Gasteiger partial charge in [-0.2, -0.15) is 0 Å². The van der Waals surface area contributed by atoms with Crippen molar-refractivity contribution >= 4 is 34.4 Å². The van der Waals surface area contributed by atoms with Gasteiger partial charge in [-0.1, -0.05) is 11.6 Å². The molecular formula is C12H14ClN5O2. The molecule has 1 aliphatic heterocycles. The number of pyridine rings is 1. The fourth-order valence-electron chi connectivity index (χ4n) is 2.37. The number of hydrogen-bond acceptors (Lipinski definition) is 5. The highest BCUT2D eigenvalue weighted by Crippen LogP contribution is 2.29. The Bertz CT molecular complexity index is 678. The first-order valence-electron chi connectivity index (χ1n) is 6.23. The number of amides is 1. The lowest BCUT2D eigenvalue weighted by molar-refractivity contribution is 0.0988. The molecule has 3 rings (SSSR count). The molecule has 0 radical (unpaired) electrons. The normalized spacial score (nSPS) is 15.8. The number of anilines is 1. The van der Waals surface area contributed by atoms with Gasteiger partial charge in [-0.15, -0.1) is 0 Å². The van der Waals surface area contributed by atoms with E-state index < -0.39 is 5.91 Å². The van der Waals surface area contributed by atoms with E-state index in [2.05, 4.69) is 14.9 Å². The standard InChI is InChI=1S/C12H14ClN5O2/c1-17-11-9(16-12(17)10(14)19)7(6-8(13)15-11)18-2-4-20-5-3-18/h6H,2-5H2,1H3,(H2,14,19). The molecule has 2 aromatic heterocycles. The molecule has 20 heavy (non-hydrogen) atoms. The summed E-state index contributed by atoms with van der Waals surface area (Å²) in [5.41, 5.74) is 7.36. The number of carbonyl (C=O) groups excluding carboxylic acids is 1. The first kappa shape index (κ1) is 13.1. The molecule has 2 N–H and O–H groups in total. The molecule has 0 bridgehead atoms.